The van der Waals surface area contributed by atoms with E-state index in [1.165, 1.54) is 6.07 Å². The minimum atomic E-state index is -0.198. The topological polar surface area (TPSA) is 29.9 Å². The Bertz CT molecular complexity index is 528. The first-order chi connectivity index (χ1) is 9.13. The van der Waals surface area contributed by atoms with Crippen LogP contribution in [0.2, 0.25) is 0 Å². The standard InChI is InChI=1S/C15H20FN3/c1-4-5-19-10-13(9-18-19)15(17-3)12-6-11(2)7-14(16)8-12/h6-10,15,17H,4-5H2,1-3H3. The van der Waals surface area contributed by atoms with Crippen LogP contribution in [0, 0.1) is 12.7 Å². The van der Waals surface area contributed by atoms with Gasteiger partial charge in [0.25, 0.3) is 0 Å². The molecule has 1 aromatic carbocycles. The third-order valence-electron chi connectivity index (χ3n) is 3.13. The highest BCUT2D eigenvalue weighted by atomic mass is 19.1. The summed E-state index contributed by atoms with van der Waals surface area (Å²) in [7, 11) is 1.88. The molecule has 3 nitrogen and oxygen atoms in total. The number of nitrogens with zero attached hydrogens (tertiary/aromatic N) is 2. The van der Waals surface area contributed by atoms with Crippen molar-refractivity contribution < 1.29 is 4.39 Å². The minimum Gasteiger partial charge on any atom is -0.309 e. The number of benzene rings is 1. The van der Waals surface area contributed by atoms with Crippen molar-refractivity contribution in [2.75, 3.05) is 7.05 Å². The number of aryl methyl sites for hydroxylation is 2. The van der Waals surface area contributed by atoms with Crippen LogP contribution >= 0.6 is 0 Å². The van der Waals surface area contributed by atoms with E-state index in [1.807, 2.05) is 37.1 Å². The number of nitrogens with one attached hydrogen (secondary N) is 1. The molecule has 0 fully saturated rings. The summed E-state index contributed by atoms with van der Waals surface area (Å²) >= 11 is 0. The van der Waals surface area contributed by atoms with Crippen LogP contribution in [0.1, 0.15) is 36.1 Å². The average molecular weight is 261 g/mol. The summed E-state index contributed by atoms with van der Waals surface area (Å²) in [6.45, 7) is 4.92. The molecule has 1 heterocycles. The second-order valence-corrected chi connectivity index (χ2v) is 4.82. The number of halogens is 1. The fourth-order valence-corrected chi connectivity index (χ4v) is 2.34. The molecule has 1 aromatic heterocycles. The van der Waals surface area contributed by atoms with E-state index in [2.05, 4.69) is 17.3 Å². The first kappa shape index (κ1) is 13.7. The van der Waals surface area contributed by atoms with E-state index >= 15 is 0 Å². The van der Waals surface area contributed by atoms with Crippen molar-refractivity contribution in [1.82, 2.24) is 15.1 Å². The number of hydrogen-bond donors (Lipinski definition) is 1. The molecular formula is C15H20FN3. The van der Waals surface area contributed by atoms with Gasteiger partial charge in [0.05, 0.1) is 12.2 Å². The first-order valence-corrected chi connectivity index (χ1v) is 6.60. The fraction of sp³-hybridized carbons (Fsp3) is 0.400. The van der Waals surface area contributed by atoms with Crippen molar-refractivity contribution in [3.8, 4) is 0 Å². The van der Waals surface area contributed by atoms with Crippen molar-refractivity contribution >= 4 is 0 Å². The minimum absolute atomic E-state index is 0.0278. The first-order valence-electron chi connectivity index (χ1n) is 6.60. The monoisotopic (exact) mass is 261 g/mol. The maximum atomic E-state index is 13.5. The lowest BCUT2D eigenvalue weighted by Gasteiger charge is -2.15. The van der Waals surface area contributed by atoms with Gasteiger partial charge in [0.1, 0.15) is 5.82 Å². The molecule has 0 aliphatic rings. The van der Waals surface area contributed by atoms with E-state index in [4.69, 9.17) is 0 Å². The Morgan fingerprint density at radius 2 is 2.11 bits per heavy atom. The van der Waals surface area contributed by atoms with Crippen LogP contribution in [0.15, 0.2) is 30.6 Å². The molecule has 0 radical (unpaired) electrons. The summed E-state index contributed by atoms with van der Waals surface area (Å²) in [5, 5.41) is 7.55. The van der Waals surface area contributed by atoms with Crippen molar-refractivity contribution in [1.29, 1.82) is 0 Å². The van der Waals surface area contributed by atoms with Crippen molar-refractivity contribution in [3.05, 3.63) is 53.1 Å². The van der Waals surface area contributed by atoms with E-state index in [-0.39, 0.29) is 11.9 Å². The summed E-state index contributed by atoms with van der Waals surface area (Å²) in [4.78, 5) is 0. The van der Waals surface area contributed by atoms with Crippen molar-refractivity contribution in [2.24, 2.45) is 0 Å². The molecule has 1 N–H and O–H groups in total. The number of hydrogen-bond acceptors (Lipinski definition) is 2. The van der Waals surface area contributed by atoms with Crippen LogP contribution in [0.5, 0.6) is 0 Å². The van der Waals surface area contributed by atoms with Gasteiger partial charge in [0.15, 0.2) is 0 Å². The second-order valence-electron chi connectivity index (χ2n) is 4.82. The SMILES string of the molecule is CCCn1cc(C(NC)c2cc(C)cc(F)c2)cn1. The molecule has 102 valence electrons. The summed E-state index contributed by atoms with van der Waals surface area (Å²) < 4.78 is 15.4. The summed E-state index contributed by atoms with van der Waals surface area (Å²) in [5.74, 6) is -0.198. The van der Waals surface area contributed by atoms with Crippen molar-refractivity contribution in [3.63, 3.8) is 0 Å². The van der Waals surface area contributed by atoms with Crippen molar-refractivity contribution in [2.45, 2.75) is 32.9 Å². The molecule has 1 unspecified atom stereocenters. The Balaban J connectivity index is 2.32. The molecule has 0 spiro atoms. The molecule has 4 heteroatoms. The van der Waals surface area contributed by atoms with Crippen LogP contribution in [0.25, 0.3) is 0 Å². The van der Waals surface area contributed by atoms with E-state index in [0.717, 1.165) is 29.7 Å². The van der Waals surface area contributed by atoms with Gasteiger partial charge in [-0.1, -0.05) is 13.0 Å². The number of aromatic nitrogens is 2. The lowest BCUT2D eigenvalue weighted by Crippen LogP contribution is -2.17. The van der Waals surface area contributed by atoms with Gasteiger partial charge in [-0.3, -0.25) is 4.68 Å². The molecule has 0 aliphatic carbocycles. The predicted molar refractivity (Wildman–Crippen MR) is 74.6 cm³/mol. The molecule has 0 saturated heterocycles. The Labute approximate surface area is 113 Å². The third kappa shape index (κ3) is 3.20. The Morgan fingerprint density at radius 1 is 1.32 bits per heavy atom. The molecular weight excluding hydrogens is 241 g/mol. The molecule has 2 rings (SSSR count). The maximum absolute atomic E-state index is 13.5. The normalized spacial score (nSPS) is 12.6. The third-order valence-corrected chi connectivity index (χ3v) is 3.13. The van der Waals surface area contributed by atoms with Gasteiger partial charge in [-0.15, -0.1) is 0 Å². The smallest absolute Gasteiger partial charge is 0.123 e. The van der Waals surface area contributed by atoms with E-state index in [0.29, 0.717) is 0 Å². The maximum Gasteiger partial charge on any atom is 0.123 e. The Hall–Kier alpha value is -1.68. The molecule has 1 atom stereocenters. The van der Waals surface area contributed by atoms with Crippen LogP contribution in [0.3, 0.4) is 0 Å². The molecule has 0 saturated carbocycles. The van der Waals surface area contributed by atoms with E-state index < -0.39 is 0 Å². The van der Waals surface area contributed by atoms with Gasteiger partial charge in [-0.25, -0.2) is 4.39 Å². The zero-order chi connectivity index (χ0) is 13.8. The van der Waals surface area contributed by atoms with Gasteiger partial charge >= 0.3 is 0 Å². The molecule has 0 aliphatic heterocycles. The molecule has 0 bridgehead atoms. The van der Waals surface area contributed by atoms with Crippen LogP contribution in [-0.2, 0) is 6.54 Å². The Morgan fingerprint density at radius 3 is 2.74 bits per heavy atom. The highest BCUT2D eigenvalue weighted by Crippen LogP contribution is 2.23. The van der Waals surface area contributed by atoms with E-state index in [1.54, 1.807) is 6.07 Å². The zero-order valence-electron chi connectivity index (χ0n) is 11.7. The summed E-state index contributed by atoms with van der Waals surface area (Å²) in [6, 6.07) is 5.09. The quantitative estimate of drug-likeness (QED) is 0.896. The molecule has 2 aromatic rings. The summed E-state index contributed by atoms with van der Waals surface area (Å²) in [6.07, 6.45) is 4.91. The van der Waals surface area contributed by atoms with E-state index in [9.17, 15) is 4.39 Å². The highest BCUT2D eigenvalue weighted by Gasteiger charge is 2.15. The summed E-state index contributed by atoms with van der Waals surface area (Å²) in [5.41, 5.74) is 2.91. The molecule has 19 heavy (non-hydrogen) atoms. The largest absolute Gasteiger partial charge is 0.309 e. The van der Waals surface area contributed by atoms with Gasteiger partial charge in [-0.2, -0.15) is 5.10 Å². The molecule has 0 amide bonds. The fourth-order valence-electron chi connectivity index (χ4n) is 2.34. The van der Waals surface area contributed by atoms with Crippen LogP contribution < -0.4 is 5.32 Å². The predicted octanol–water partition coefficient (Wildman–Crippen LogP) is 3.05. The van der Waals surface area contributed by atoms with Gasteiger partial charge in [0.2, 0.25) is 0 Å². The van der Waals surface area contributed by atoms with Gasteiger partial charge in [-0.05, 0) is 43.7 Å². The number of rotatable bonds is 5. The van der Waals surface area contributed by atoms with Gasteiger partial charge < -0.3 is 5.32 Å². The lowest BCUT2D eigenvalue weighted by molar-refractivity contribution is 0.599. The van der Waals surface area contributed by atoms with Crippen LogP contribution in [-0.4, -0.2) is 16.8 Å². The second kappa shape index (κ2) is 5.97. The highest BCUT2D eigenvalue weighted by molar-refractivity contribution is 5.32. The van der Waals surface area contributed by atoms with Gasteiger partial charge in [0, 0.05) is 18.3 Å². The van der Waals surface area contributed by atoms with Crippen LogP contribution in [0.4, 0.5) is 4.39 Å². The lowest BCUT2D eigenvalue weighted by atomic mass is 10.00. The zero-order valence-corrected chi connectivity index (χ0v) is 11.7. The Kier molecular flexibility index (Phi) is 4.32. The average Bonchev–Trinajstić information content (AvgIpc) is 2.78.